The van der Waals surface area contributed by atoms with Crippen molar-refractivity contribution >= 4 is 31.7 Å². The van der Waals surface area contributed by atoms with E-state index in [2.05, 4.69) is 46.8 Å². The highest BCUT2D eigenvalue weighted by Gasteiger charge is 2.60. The molecule has 0 aromatic carbocycles. The predicted molar refractivity (Wildman–Crippen MR) is 453 cm³/mol. The van der Waals surface area contributed by atoms with Crippen molar-refractivity contribution in [3.63, 3.8) is 0 Å². The minimum absolute atomic E-state index is 0.00490. The molecule has 117 heavy (non-hydrogen) atoms. The summed E-state index contributed by atoms with van der Waals surface area (Å²) in [5.41, 5.74) is 0. The number of hydrogen-bond acceptors (Lipinski definition) is 24. The number of unbranched alkanes of at least 4 members (excludes halogenated alkanes) is 46. The molecule has 1 saturated carbocycles. The topological polar surface area (TPSA) is 380 Å². The third-order valence-corrected chi connectivity index (χ3v) is 24.4. The predicted octanol–water partition coefficient (Wildman–Crippen LogP) is 17.4. The first kappa shape index (κ1) is 108. The fourth-order valence-electron chi connectivity index (χ4n) is 15.8. The first-order valence-electron chi connectivity index (χ1n) is 47.3. The Bertz CT molecular complexity index is 2500. The van der Waals surface area contributed by atoms with E-state index in [1.165, 1.54) is 186 Å². The molecule has 2 aliphatic heterocycles. The number of rotatable bonds is 76. The highest BCUT2D eigenvalue weighted by atomic mass is 31.2. The van der Waals surface area contributed by atoms with Crippen LogP contribution in [0.2, 0.25) is 0 Å². The molecule has 3 rings (SSSR count). The Morgan fingerprint density at radius 3 is 1.11 bits per heavy atom. The minimum atomic E-state index is -5.81. The molecule has 2 heterocycles. The molecule has 3 aliphatic rings. The van der Waals surface area contributed by atoms with Gasteiger partial charge in [-0.25, -0.2) is 4.57 Å². The number of aliphatic hydroxyl groups is 9. The van der Waals surface area contributed by atoms with Gasteiger partial charge in [-0.2, -0.15) is 0 Å². The lowest BCUT2D eigenvalue weighted by molar-refractivity contribution is -0.360. The molecule has 0 bridgehead atoms. The maximum atomic E-state index is 14.9. The smallest absolute Gasteiger partial charge is 0.463 e. The fraction of sp³-hybridized carbons (Fsp3) is 0.934. The molecule has 19 atom stereocenters. The summed E-state index contributed by atoms with van der Waals surface area (Å²) in [5, 5.41) is 102. The SMILES string of the molecule is CCCCCCCC/C=C\CCCCCC(=O)OCC1OC(OC2C(OC(=O)CCCCCCCCC(C)CCCCCCCC)C(O)C(O)C(OC3OC(CO)C(O)C(O)C3O)C2OP(=O)(O)OCC(COC(=O)CCCCCCCCCCCCCCCCCC)OC(=O)CCCCCCCCCCCCCCC)C(O)C(O)C1O. The normalized spacial score (nSPS) is 25.3. The number of allylic oxidation sites excluding steroid dienone is 2. The van der Waals surface area contributed by atoms with Crippen molar-refractivity contribution in [1.29, 1.82) is 0 Å². The molecule has 3 fully saturated rings. The lowest BCUT2D eigenvalue weighted by atomic mass is 9.84. The molecule has 0 radical (unpaired) electrons. The number of phosphoric acid groups is 1. The Labute approximate surface area is 705 Å². The highest BCUT2D eigenvalue weighted by Crippen LogP contribution is 2.49. The number of ether oxygens (including phenoxy) is 8. The van der Waals surface area contributed by atoms with E-state index < -0.39 is 162 Å². The summed E-state index contributed by atoms with van der Waals surface area (Å²) in [6, 6.07) is 0. The summed E-state index contributed by atoms with van der Waals surface area (Å²) in [7, 11) is -5.81. The van der Waals surface area contributed by atoms with Crippen molar-refractivity contribution < 1.29 is 122 Å². The molecule has 2 saturated heterocycles. The average molecular weight is 1690 g/mol. The van der Waals surface area contributed by atoms with Crippen LogP contribution < -0.4 is 0 Å². The van der Waals surface area contributed by atoms with Crippen molar-refractivity contribution in [3.8, 4) is 0 Å². The van der Waals surface area contributed by atoms with Crippen molar-refractivity contribution in [3.05, 3.63) is 12.2 Å². The van der Waals surface area contributed by atoms with Gasteiger partial charge in [0.05, 0.1) is 13.2 Å². The average Bonchev–Trinajstić information content (AvgIpc) is 0.758. The van der Waals surface area contributed by atoms with Crippen molar-refractivity contribution in [2.45, 2.75) is 511 Å². The van der Waals surface area contributed by atoms with Crippen LogP contribution in [-0.2, 0) is 70.7 Å². The number of phosphoric ester groups is 1. The van der Waals surface area contributed by atoms with Gasteiger partial charge in [0.15, 0.2) is 24.8 Å². The zero-order valence-corrected chi connectivity index (χ0v) is 74.3. The minimum Gasteiger partial charge on any atom is -0.463 e. The van der Waals surface area contributed by atoms with Gasteiger partial charge in [-0.1, -0.05) is 342 Å². The Kier molecular flexibility index (Phi) is 64.4. The number of carbonyl (C=O) groups is 4. The molecule has 10 N–H and O–H groups in total. The second kappa shape index (κ2) is 69.5. The zero-order chi connectivity index (χ0) is 85.5. The van der Waals surface area contributed by atoms with Crippen LogP contribution in [0.3, 0.4) is 0 Å². The van der Waals surface area contributed by atoms with Crippen molar-refractivity contribution in [2.24, 2.45) is 5.92 Å². The van der Waals surface area contributed by atoms with Gasteiger partial charge in [0.1, 0.15) is 92.6 Å². The van der Waals surface area contributed by atoms with Crippen LogP contribution >= 0.6 is 7.82 Å². The molecular weight excluding hydrogens is 1520 g/mol. The summed E-state index contributed by atoms with van der Waals surface area (Å²) >= 11 is 0. The highest BCUT2D eigenvalue weighted by molar-refractivity contribution is 7.47. The molecule has 26 heteroatoms. The van der Waals surface area contributed by atoms with E-state index in [9.17, 15) is 74.6 Å². The summed E-state index contributed by atoms with van der Waals surface area (Å²) in [4.78, 5) is 66.5. The summed E-state index contributed by atoms with van der Waals surface area (Å²) in [6.07, 6.45) is 26.4. The zero-order valence-electron chi connectivity index (χ0n) is 73.4. The van der Waals surface area contributed by atoms with Gasteiger partial charge in [-0.15, -0.1) is 0 Å². The van der Waals surface area contributed by atoms with Gasteiger partial charge in [-0.3, -0.25) is 28.2 Å². The maximum Gasteiger partial charge on any atom is 0.472 e. The van der Waals surface area contributed by atoms with Crippen molar-refractivity contribution in [2.75, 3.05) is 26.4 Å². The number of hydrogen-bond donors (Lipinski definition) is 10. The number of esters is 4. The lowest BCUT2D eigenvalue weighted by Gasteiger charge is -2.50. The van der Waals surface area contributed by atoms with Gasteiger partial charge in [0.25, 0.3) is 0 Å². The fourth-order valence-corrected chi connectivity index (χ4v) is 16.8. The third kappa shape index (κ3) is 50.1. The maximum absolute atomic E-state index is 14.9. The molecule has 0 aromatic rings. The molecule has 19 unspecified atom stereocenters. The second-order valence-electron chi connectivity index (χ2n) is 34.2. The van der Waals surface area contributed by atoms with Gasteiger partial charge in [0, 0.05) is 25.7 Å². The lowest BCUT2D eigenvalue weighted by Crippen LogP contribution is -2.70. The molecule has 0 aromatic heterocycles. The molecule has 1 aliphatic carbocycles. The molecule has 0 amide bonds. The van der Waals surface area contributed by atoms with E-state index in [1.807, 2.05) is 0 Å². The summed E-state index contributed by atoms with van der Waals surface area (Å²) in [5.74, 6) is -2.34. The van der Waals surface area contributed by atoms with Crippen LogP contribution in [0.25, 0.3) is 0 Å². The largest absolute Gasteiger partial charge is 0.472 e. The Balaban J connectivity index is 1.93. The van der Waals surface area contributed by atoms with Crippen LogP contribution in [0, 0.1) is 5.92 Å². The van der Waals surface area contributed by atoms with E-state index in [0.717, 1.165) is 122 Å². The first-order chi connectivity index (χ1) is 56.6. The van der Waals surface area contributed by atoms with Crippen LogP contribution in [0.1, 0.15) is 407 Å². The standard InChI is InChI=1S/C91H169O25P/c1-6-10-14-18-22-25-28-31-32-33-36-38-40-43-50-56-62-74(93)107-67-71(110-76(95)64-58-52-45-42-39-35-30-27-24-20-16-12-8-3)68-109-117(105,106)116-89-87(114-90-84(103)80(99)78(97)72(66-92)111-90)83(102)82(101)86(113-77(96)65-59-53-47-46-49-55-61-70(5)60-54-48-21-17-13-9-4)88(89)115-91-85(104)81(100)79(98)73(112-91)69-108-75(94)63-57-51-44-41-37-34-29-26-23-19-15-11-7-2/h34,37,70-73,78-92,97-104H,6-33,35-36,38-69H2,1-5H3,(H,105,106)/b37-34-. The first-order valence-corrected chi connectivity index (χ1v) is 48.8. The van der Waals surface area contributed by atoms with E-state index in [0.29, 0.717) is 44.4 Å². The van der Waals surface area contributed by atoms with E-state index >= 15 is 0 Å². The van der Waals surface area contributed by atoms with Crippen LogP contribution in [0.15, 0.2) is 12.2 Å². The Morgan fingerprint density at radius 1 is 0.359 bits per heavy atom. The molecule has 688 valence electrons. The molecule has 25 nitrogen and oxygen atoms in total. The Morgan fingerprint density at radius 2 is 0.692 bits per heavy atom. The molecular formula is C91H169O25P. The van der Waals surface area contributed by atoms with E-state index in [1.54, 1.807) is 0 Å². The second-order valence-corrected chi connectivity index (χ2v) is 35.6. The van der Waals surface area contributed by atoms with Crippen molar-refractivity contribution in [1.82, 2.24) is 0 Å². The van der Waals surface area contributed by atoms with Gasteiger partial charge in [0.2, 0.25) is 0 Å². The van der Waals surface area contributed by atoms with Gasteiger partial charge >= 0.3 is 31.7 Å². The monoisotopic (exact) mass is 1690 g/mol. The van der Waals surface area contributed by atoms with Gasteiger partial charge in [-0.05, 0) is 57.3 Å². The van der Waals surface area contributed by atoms with E-state index in [4.69, 9.17) is 46.9 Å². The molecule has 0 spiro atoms. The van der Waals surface area contributed by atoms with Gasteiger partial charge < -0.3 is 88.7 Å². The number of aliphatic hydroxyl groups excluding tert-OH is 9. The quantitative estimate of drug-likeness (QED) is 0.00889. The van der Waals surface area contributed by atoms with Crippen LogP contribution in [0.5, 0.6) is 0 Å². The van der Waals surface area contributed by atoms with E-state index in [-0.39, 0.29) is 25.7 Å². The Hall–Kier alpha value is -2.79. The summed E-state index contributed by atoms with van der Waals surface area (Å²) in [6.45, 7) is 7.89. The van der Waals surface area contributed by atoms with Crippen LogP contribution in [-0.4, -0.2) is 205 Å². The van der Waals surface area contributed by atoms with Crippen LogP contribution in [0.4, 0.5) is 0 Å². The summed E-state index contributed by atoms with van der Waals surface area (Å²) < 4.78 is 73.5. The number of carbonyl (C=O) groups excluding carboxylic acids is 4. The third-order valence-electron chi connectivity index (χ3n) is 23.4.